The molecule has 27 heavy (non-hydrogen) atoms. The van der Waals surface area contributed by atoms with Crippen LogP contribution in [0.5, 0.6) is 0 Å². The molecule has 0 heterocycles. The number of hydrogen-bond acceptors (Lipinski definition) is 3. The van der Waals surface area contributed by atoms with Crippen molar-refractivity contribution in [2.45, 2.75) is 60.3 Å². The second kappa shape index (κ2) is 13.5. The van der Waals surface area contributed by atoms with Crippen LogP contribution in [0, 0.1) is 11.3 Å². The summed E-state index contributed by atoms with van der Waals surface area (Å²) in [5.74, 6) is 0.0510. The minimum absolute atomic E-state index is 0.129. The number of carbonyl (C=O) groups excluding carboxylic acids is 1. The lowest BCUT2D eigenvalue weighted by Gasteiger charge is -2.33. The molecule has 1 aliphatic carbocycles. The van der Waals surface area contributed by atoms with Crippen molar-refractivity contribution in [2.75, 3.05) is 26.4 Å². The molecule has 1 N–H and O–H groups in total. The summed E-state index contributed by atoms with van der Waals surface area (Å²) in [6.45, 7) is 18.7. The highest BCUT2D eigenvalue weighted by atomic mass is 19.1. The molecule has 0 atom stereocenters. The Bertz CT molecular complexity index is 502. The zero-order chi connectivity index (χ0) is 20.9. The molecule has 0 aliphatic heterocycles. The van der Waals surface area contributed by atoms with Crippen LogP contribution in [0.2, 0.25) is 0 Å². The lowest BCUT2D eigenvalue weighted by Crippen LogP contribution is -2.36. The van der Waals surface area contributed by atoms with E-state index in [9.17, 15) is 9.18 Å². The monoisotopic (exact) mass is 383 g/mol. The Labute approximate surface area is 164 Å². The second-order valence-electron chi connectivity index (χ2n) is 7.43. The maximum absolute atomic E-state index is 12.8. The SMILES string of the molecule is C=C(F)/C=C(/OCCOCCNC(=O)C1CCC(C)(C)CC1)C(=C)C.CC. The van der Waals surface area contributed by atoms with Crippen molar-refractivity contribution in [3.8, 4) is 0 Å². The molecular weight excluding hydrogens is 345 g/mol. The van der Waals surface area contributed by atoms with Crippen LogP contribution in [-0.4, -0.2) is 32.3 Å². The molecule has 0 aromatic carbocycles. The normalized spacial score (nSPS) is 16.7. The van der Waals surface area contributed by atoms with Crippen molar-refractivity contribution in [2.24, 2.45) is 11.3 Å². The Morgan fingerprint density at radius 3 is 2.30 bits per heavy atom. The molecule has 5 heteroatoms. The summed E-state index contributed by atoms with van der Waals surface area (Å²) in [6, 6.07) is 0. The quantitative estimate of drug-likeness (QED) is 0.315. The highest BCUT2D eigenvalue weighted by molar-refractivity contribution is 5.78. The summed E-state index contributed by atoms with van der Waals surface area (Å²) >= 11 is 0. The Hall–Kier alpha value is -1.62. The third-order valence-corrected chi connectivity index (χ3v) is 4.45. The molecule has 0 radical (unpaired) electrons. The number of rotatable bonds is 10. The first kappa shape index (κ1) is 25.4. The molecule has 0 aromatic heterocycles. The molecule has 4 nitrogen and oxygen atoms in total. The van der Waals surface area contributed by atoms with E-state index in [0.717, 1.165) is 25.7 Å². The molecule has 1 rings (SSSR count). The van der Waals surface area contributed by atoms with Crippen molar-refractivity contribution in [3.05, 3.63) is 36.4 Å². The molecule has 1 aliphatic rings. The van der Waals surface area contributed by atoms with E-state index < -0.39 is 5.83 Å². The van der Waals surface area contributed by atoms with Gasteiger partial charge in [0.25, 0.3) is 0 Å². The van der Waals surface area contributed by atoms with Crippen LogP contribution in [0.15, 0.2) is 36.4 Å². The Morgan fingerprint density at radius 1 is 1.19 bits per heavy atom. The maximum atomic E-state index is 12.8. The number of carbonyl (C=O) groups is 1. The smallest absolute Gasteiger partial charge is 0.223 e. The first-order valence-corrected chi connectivity index (χ1v) is 9.91. The Balaban J connectivity index is 0.00000326. The summed E-state index contributed by atoms with van der Waals surface area (Å²) in [5, 5.41) is 2.93. The first-order chi connectivity index (χ1) is 12.7. The summed E-state index contributed by atoms with van der Waals surface area (Å²) in [6.07, 6.45) is 5.33. The van der Waals surface area contributed by atoms with Crippen LogP contribution in [0.1, 0.15) is 60.3 Å². The third kappa shape index (κ3) is 11.6. The molecule has 1 fully saturated rings. The Kier molecular flexibility index (Phi) is 12.7. The molecule has 0 spiro atoms. The van der Waals surface area contributed by atoms with E-state index in [0.29, 0.717) is 36.5 Å². The number of hydrogen-bond donors (Lipinski definition) is 1. The molecule has 156 valence electrons. The van der Waals surface area contributed by atoms with E-state index in [-0.39, 0.29) is 18.4 Å². The minimum atomic E-state index is -0.576. The molecule has 1 amide bonds. The fraction of sp³-hybridized carbons (Fsp3) is 0.682. The van der Waals surface area contributed by atoms with Gasteiger partial charge in [-0.25, -0.2) is 4.39 Å². The lowest BCUT2D eigenvalue weighted by atomic mass is 9.73. The van der Waals surface area contributed by atoms with Crippen molar-refractivity contribution in [3.63, 3.8) is 0 Å². The van der Waals surface area contributed by atoms with Crippen LogP contribution >= 0.6 is 0 Å². The highest BCUT2D eigenvalue weighted by Crippen LogP contribution is 2.37. The van der Waals surface area contributed by atoms with Gasteiger partial charge in [0, 0.05) is 18.5 Å². The second-order valence-corrected chi connectivity index (χ2v) is 7.43. The fourth-order valence-corrected chi connectivity index (χ4v) is 2.80. The molecular formula is C22H38FNO3. The molecule has 0 unspecified atom stereocenters. The summed E-state index contributed by atoms with van der Waals surface area (Å²) in [4.78, 5) is 12.1. The number of ether oxygens (including phenoxy) is 2. The van der Waals surface area contributed by atoms with Crippen molar-refractivity contribution < 1.29 is 18.7 Å². The van der Waals surface area contributed by atoms with Crippen LogP contribution in [0.4, 0.5) is 4.39 Å². The van der Waals surface area contributed by atoms with E-state index in [2.05, 4.69) is 32.3 Å². The zero-order valence-corrected chi connectivity index (χ0v) is 17.8. The van der Waals surface area contributed by atoms with Crippen LogP contribution in [-0.2, 0) is 14.3 Å². The van der Waals surface area contributed by atoms with Gasteiger partial charge in [0.1, 0.15) is 18.2 Å². The van der Waals surface area contributed by atoms with Crippen molar-refractivity contribution >= 4 is 5.91 Å². The number of halogens is 1. The van der Waals surface area contributed by atoms with Gasteiger partial charge in [0.05, 0.1) is 13.2 Å². The van der Waals surface area contributed by atoms with E-state index in [4.69, 9.17) is 9.47 Å². The number of allylic oxidation sites excluding steroid dienone is 3. The third-order valence-electron chi connectivity index (χ3n) is 4.45. The predicted molar refractivity (Wildman–Crippen MR) is 110 cm³/mol. The number of nitrogens with one attached hydrogen (secondary N) is 1. The van der Waals surface area contributed by atoms with Gasteiger partial charge in [-0.05, 0) is 43.6 Å². The molecule has 1 saturated carbocycles. The fourth-order valence-electron chi connectivity index (χ4n) is 2.80. The molecule has 0 saturated heterocycles. The summed E-state index contributed by atoms with van der Waals surface area (Å²) in [7, 11) is 0. The summed E-state index contributed by atoms with van der Waals surface area (Å²) < 4.78 is 23.6. The maximum Gasteiger partial charge on any atom is 0.223 e. The van der Waals surface area contributed by atoms with E-state index in [1.807, 2.05) is 13.8 Å². The largest absolute Gasteiger partial charge is 0.491 e. The van der Waals surface area contributed by atoms with Crippen LogP contribution in [0.25, 0.3) is 0 Å². The van der Waals surface area contributed by atoms with E-state index >= 15 is 0 Å². The average molecular weight is 384 g/mol. The van der Waals surface area contributed by atoms with Gasteiger partial charge in [-0.3, -0.25) is 4.79 Å². The molecule has 0 aromatic rings. The van der Waals surface area contributed by atoms with Gasteiger partial charge in [-0.2, -0.15) is 0 Å². The first-order valence-electron chi connectivity index (χ1n) is 9.91. The van der Waals surface area contributed by atoms with Crippen molar-refractivity contribution in [1.29, 1.82) is 0 Å². The van der Waals surface area contributed by atoms with Crippen LogP contribution < -0.4 is 5.32 Å². The number of amides is 1. The van der Waals surface area contributed by atoms with Gasteiger partial charge in [0.2, 0.25) is 5.91 Å². The van der Waals surface area contributed by atoms with Gasteiger partial charge in [0.15, 0.2) is 0 Å². The Morgan fingerprint density at radius 2 is 1.78 bits per heavy atom. The standard InChI is InChI=1S/C20H32FNO3.C2H6/c1-15(2)18(14-16(3)21)25-13-12-24-11-10-22-19(23)17-6-8-20(4,5)9-7-17;1-2/h14,17H,1,3,6-13H2,2,4-5H3,(H,22,23);1-2H3/b18-14+;. The van der Waals surface area contributed by atoms with Crippen LogP contribution in [0.3, 0.4) is 0 Å². The molecule has 0 bridgehead atoms. The lowest BCUT2D eigenvalue weighted by molar-refractivity contribution is -0.126. The highest BCUT2D eigenvalue weighted by Gasteiger charge is 2.30. The van der Waals surface area contributed by atoms with Gasteiger partial charge in [-0.1, -0.05) is 40.9 Å². The van der Waals surface area contributed by atoms with Gasteiger partial charge in [-0.15, -0.1) is 0 Å². The van der Waals surface area contributed by atoms with Gasteiger partial charge < -0.3 is 14.8 Å². The zero-order valence-electron chi connectivity index (χ0n) is 17.8. The minimum Gasteiger partial charge on any atom is -0.491 e. The van der Waals surface area contributed by atoms with Crippen molar-refractivity contribution in [1.82, 2.24) is 5.32 Å². The topological polar surface area (TPSA) is 47.6 Å². The van der Waals surface area contributed by atoms with E-state index in [1.54, 1.807) is 6.92 Å². The van der Waals surface area contributed by atoms with E-state index in [1.165, 1.54) is 6.08 Å². The van der Waals surface area contributed by atoms with Gasteiger partial charge >= 0.3 is 0 Å². The average Bonchev–Trinajstić information content (AvgIpc) is 2.60. The predicted octanol–water partition coefficient (Wildman–Crippen LogP) is 5.32. The summed E-state index contributed by atoms with van der Waals surface area (Å²) in [5.41, 5.74) is 0.993.